The molecule has 0 spiro atoms. The number of methoxy groups -OCH3 is 2. The molecule has 1 aromatic carbocycles. The lowest BCUT2D eigenvalue weighted by Gasteiger charge is -2.19. The zero-order valence-corrected chi connectivity index (χ0v) is 12.7. The summed E-state index contributed by atoms with van der Waals surface area (Å²) in [6.45, 7) is 8.01. The van der Waals surface area contributed by atoms with Crippen molar-refractivity contribution in [3.05, 3.63) is 23.3 Å². The van der Waals surface area contributed by atoms with E-state index in [1.807, 2.05) is 13.0 Å². The molecule has 0 radical (unpaired) electrons. The zero-order valence-electron chi connectivity index (χ0n) is 12.7. The van der Waals surface area contributed by atoms with E-state index in [0.29, 0.717) is 0 Å². The number of ether oxygens (including phenoxy) is 2. The van der Waals surface area contributed by atoms with Gasteiger partial charge in [-0.3, -0.25) is 0 Å². The highest BCUT2D eigenvalue weighted by Gasteiger charge is 2.10. The first-order chi connectivity index (χ1) is 9.12. The fraction of sp³-hybridized carbons (Fsp3) is 0.600. The molecule has 0 bridgehead atoms. The van der Waals surface area contributed by atoms with E-state index in [9.17, 15) is 0 Å². The zero-order chi connectivity index (χ0) is 14.3. The van der Waals surface area contributed by atoms with Crippen LogP contribution in [0.5, 0.6) is 11.5 Å². The van der Waals surface area contributed by atoms with Gasteiger partial charge in [-0.05, 0) is 38.2 Å². The third-order valence-corrected chi connectivity index (χ3v) is 3.16. The Morgan fingerprint density at radius 3 is 2.42 bits per heavy atom. The molecule has 4 heteroatoms. The predicted octanol–water partition coefficient (Wildman–Crippen LogP) is 2.05. The molecule has 0 amide bonds. The average molecular weight is 266 g/mol. The lowest BCUT2D eigenvalue weighted by atomic mass is 10.1. The second kappa shape index (κ2) is 8.02. The molecule has 1 N–H and O–H groups in total. The van der Waals surface area contributed by atoms with Crippen molar-refractivity contribution >= 4 is 0 Å². The fourth-order valence-electron chi connectivity index (χ4n) is 2.05. The van der Waals surface area contributed by atoms with Gasteiger partial charge in [-0.2, -0.15) is 0 Å². The van der Waals surface area contributed by atoms with Crippen LogP contribution in [-0.2, 0) is 6.54 Å². The summed E-state index contributed by atoms with van der Waals surface area (Å²) in [6.07, 6.45) is 0. The summed E-state index contributed by atoms with van der Waals surface area (Å²) in [5, 5.41) is 3.33. The van der Waals surface area contributed by atoms with Crippen molar-refractivity contribution in [1.82, 2.24) is 10.2 Å². The third-order valence-electron chi connectivity index (χ3n) is 3.16. The molecule has 0 saturated heterocycles. The van der Waals surface area contributed by atoms with Gasteiger partial charge in [-0.1, -0.05) is 6.92 Å². The second-order valence-electron chi connectivity index (χ2n) is 4.73. The molecule has 0 aliphatic heterocycles. The van der Waals surface area contributed by atoms with E-state index >= 15 is 0 Å². The Morgan fingerprint density at radius 2 is 1.84 bits per heavy atom. The Kier molecular flexibility index (Phi) is 6.67. The first-order valence-electron chi connectivity index (χ1n) is 6.73. The van der Waals surface area contributed by atoms with Gasteiger partial charge in [0.2, 0.25) is 0 Å². The van der Waals surface area contributed by atoms with Gasteiger partial charge >= 0.3 is 0 Å². The maximum absolute atomic E-state index is 5.45. The van der Waals surface area contributed by atoms with E-state index in [2.05, 4.69) is 30.3 Å². The molecule has 0 heterocycles. The number of aryl methyl sites for hydroxylation is 1. The summed E-state index contributed by atoms with van der Waals surface area (Å²) >= 11 is 0. The number of hydrogen-bond donors (Lipinski definition) is 1. The van der Waals surface area contributed by atoms with Crippen LogP contribution in [-0.4, -0.2) is 45.8 Å². The summed E-state index contributed by atoms with van der Waals surface area (Å²) < 4.78 is 10.8. The second-order valence-corrected chi connectivity index (χ2v) is 4.73. The van der Waals surface area contributed by atoms with Crippen LogP contribution in [0.15, 0.2) is 12.1 Å². The van der Waals surface area contributed by atoms with Crippen LogP contribution in [0.25, 0.3) is 0 Å². The van der Waals surface area contributed by atoms with Crippen molar-refractivity contribution in [2.75, 3.05) is 40.9 Å². The highest BCUT2D eigenvalue weighted by molar-refractivity contribution is 5.45. The molecule has 1 aromatic rings. The van der Waals surface area contributed by atoms with Crippen molar-refractivity contribution < 1.29 is 9.47 Å². The number of likely N-dealkylation sites (N-methyl/N-ethyl adjacent to an activating group) is 2. The third kappa shape index (κ3) is 4.73. The fourth-order valence-corrected chi connectivity index (χ4v) is 2.05. The number of rotatable bonds is 8. The van der Waals surface area contributed by atoms with Gasteiger partial charge in [-0.25, -0.2) is 0 Å². The minimum atomic E-state index is 0.852. The Hall–Kier alpha value is -1.26. The van der Waals surface area contributed by atoms with Crippen LogP contribution in [0.4, 0.5) is 0 Å². The lowest BCUT2D eigenvalue weighted by Crippen LogP contribution is -2.28. The van der Waals surface area contributed by atoms with E-state index in [0.717, 1.165) is 48.8 Å². The number of hydrogen-bond acceptors (Lipinski definition) is 4. The van der Waals surface area contributed by atoms with Crippen molar-refractivity contribution in [3.63, 3.8) is 0 Å². The van der Waals surface area contributed by atoms with Crippen LogP contribution in [0.1, 0.15) is 18.1 Å². The maximum Gasteiger partial charge on any atom is 0.123 e. The summed E-state index contributed by atoms with van der Waals surface area (Å²) in [7, 11) is 5.53. The summed E-state index contributed by atoms with van der Waals surface area (Å²) in [6, 6.07) is 4.10. The molecule has 0 fully saturated rings. The van der Waals surface area contributed by atoms with Gasteiger partial charge in [0.1, 0.15) is 11.5 Å². The molecule has 0 saturated carbocycles. The highest BCUT2D eigenvalue weighted by Crippen LogP contribution is 2.28. The Morgan fingerprint density at radius 1 is 1.16 bits per heavy atom. The first kappa shape index (κ1) is 15.8. The Bertz CT molecular complexity index is 394. The van der Waals surface area contributed by atoms with E-state index < -0.39 is 0 Å². The van der Waals surface area contributed by atoms with E-state index in [1.165, 1.54) is 0 Å². The number of nitrogens with one attached hydrogen (secondary N) is 1. The largest absolute Gasteiger partial charge is 0.496 e. The summed E-state index contributed by atoms with van der Waals surface area (Å²) in [5.74, 6) is 1.84. The minimum absolute atomic E-state index is 0.852. The quantitative estimate of drug-likeness (QED) is 0.730. The summed E-state index contributed by atoms with van der Waals surface area (Å²) in [5.41, 5.74) is 2.25. The van der Waals surface area contributed by atoms with Crippen LogP contribution in [0.2, 0.25) is 0 Å². The standard InChI is InChI=1S/C15H26N2O2/c1-6-16-7-8-17(3)11-13-10-14(18-4)12(2)9-15(13)19-5/h9-10,16H,6-8,11H2,1-5H3. The van der Waals surface area contributed by atoms with Crippen molar-refractivity contribution in [3.8, 4) is 11.5 Å². The molecular formula is C15H26N2O2. The topological polar surface area (TPSA) is 33.7 Å². The van der Waals surface area contributed by atoms with Gasteiger partial charge in [0, 0.05) is 25.2 Å². The molecule has 0 aromatic heterocycles. The maximum atomic E-state index is 5.45. The smallest absolute Gasteiger partial charge is 0.123 e. The van der Waals surface area contributed by atoms with Crippen LogP contribution < -0.4 is 14.8 Å². The lowest BCUT2D eigenvalue weighted by molar-refractivity contribution is 0.315. The Balaban J connectivity index is 2.75. The van der Waals surface area contributed by atoms with E-state index in [4.69, 9.17) is 9.47 Å². The SMILES string of the molecule is CCNCCN(C)Cc1cc(OC)c(C)cc1OC. The van der Waals surface area contributed by atoms with Crippen LogP contribution in [0, 0.1) is 6.92 Å². The van der Waals surface area contributed by atoms with Gasteiger partial charge in [0.05, 0.1) is 14.2 Å². The predicted molar refractivity (Wildman–Crippen MR) is 79.2 cm³/mol. The van der Waals surface area contributed by atoms with Crippen LogP contribution in [0.3, 0.4) is 0 Å². The van der Waals surface area contributed by atoms with Crippen molar-refractivity contribution in [2.24, 2.45) is 0 Å². The molecular weight excluding hydrogens is 240 g/mol. The molecule has 0 aliphatic rings. The van der Waals surface area contributed by atoms with Crippen molar-refractivity contribution in [2.45, 2.75) is 20.4 Å². The Labute approximate surface area is 116 Å². The molecule has 0 atom stereocenters. The van der Waals surface area contributed by atoms with E-state index in [-0.39, 0.29) is 0 Å². The molecule has 19 heavy (non-hydrogen) atoms. The van der Waals surface area contributed by atoms with Gasteiger partial charge in [-0.15, -0.1) is 0 Å². The molecule has 0 aliphatic carbocycles. The van der Waals surface area contributed by atoms with Gasteiger partial charge in [0.25, 0.3) is 0 Å². The van der Waals surface area contributed by atoms with Crippen molar-refractivity contribution in [1.29, 1.82) is 0 Å². The average Bonchev–Trinajstić information content (AvgIpc) is 2.40. The highest BCUT2D eigenvalue weighted by atomic mass is 16.5. The number of nitrogens with zero attached hydrogens (tertiary/aromatic N) is 1. The summed E-state index contributed by atoms with van der Waals surface area (Å²) in [4.78, 5) is 2.27. The monoisotopic (exact) mass is 266 g/mol. The van der Waals surface area contributed by atoms with E-state index in [1.54, 1.807) is 14.2 Å². The molecule has 0 unspecified atom stereocenters. The van der Waals surface area contributed by atoms with Gasteiger partial charge < -0.3 is 19.7 Å². The minimum Gasteiger partial charge on any atom is -0.496 e. The first-order valence-corrected chi connectivity index (χ1v) is 6.73. The normalized spacial score (nSPS) is 10.8. The molecule has 4 nitrogen and oxygen atoms in total. The number of benzene rings is 1. The van der Waals surface area contributed by atoms with Crippen LogP contribution >= 0.6 is 0 Å². The molecule has 108 valence electrons. The molecule has 1 rings (SSSR count). The van der Waals surface area contributed by atoms with Gasteiger partial charge in [0.15, 0.2) is 0 Å².